The van der Waals surface area contributed by atoms with E-state index in [1.165, 1.54) is 36.7 Å². The normalized spacial score (nSPS) is 17.8. The SMILES string of the molecule is O=C(Cc1cc2[nH]ncc2cc1F)Nc1ccnc(C(=O)NC2CCCC2(F)F)c1. The van der Waals surface area contributed by atoms with Gasteiger partial charge in [0, 0.05) is 23.7 Å². The molecule has 1 fully saturated rings. The molecule has 0 spiro atoms. The zero-order valence-corrected chi connectivity index (χ0v) is 15.7. The van der Waals surface area contributed by atoms with Gasteiger partial charge in [-0.1, -0.05) is 0 Å². The number of fused-ring (bicyclic) bond motifs is 1. The third-order valence-electron chi connectivity index (χ3n) is 5.05. The molecular weight excluding hydrogens is 399 g/mol. The van der Waals surface area contributed by atoms with Crippen LogP contribution in [0.5, 0.6) is 0 Å². The summed E-state index contributed by atoms with van der Waals surface area (Å²) in [5.41, 5.74) is 0.937. The summed E-state index contributed by atoms with van der Waals surface area (Å²) >= 11 is 0. The van der Waals surface area contributed by atoms with Crippen molar-refractivity contribution in [2.45, 2.75) is 37.6 Å². The van der Waals surface area contributed by atoms with Gasteiger partial charge in [0.05, 0.1) is 24.2 Å². The lowest BCUT2D eigenvalue weighted by Crippen LogP contribution is -2.44. The lowest BCUT2D eigenvalue weighted by atomic mass is 10.1. The Morgan fingerprint density at radius 1 is 1.27 bits per heavy atom. The van der Waals surface area contributed by atoms with Gasteiger partial charge in [-0.25, -0.2) is 13.2 Å². The second-order valence-electron chi connectivity index (χ2n) is 7.23. The Labute approximate surface area is 169 Å². The molecule has 30 heavy (non-hydrogen) atoms. The minimum atomic E-state index is -2.94. The van der Waals surface area contributed by atoms with Crippen LogP contribution in [0, 0.1) is 5.82 Å². The van der Waals surface area contributed by atoms with Crippen molar-refractivity contribution in [2.75, 3.05) is 5.32 Å². The van der Waals surface area contributed by atoms with Crippen LogP contribution in [0.2, 0.25) is 0 Å². The fourth-order valence-corrected chi connectivity index (χ4v) is 3.49. The van der Waals surface area contributed by atoms with E-state index in [1.54, 1.807) is 0 Å². The summed E-state index contributed by atoms with van der Waals surface area (Å²) in [7, 11) is 0. The third-order valence-corrected chi connectivity index (χ3v) is 5.05. The molecule has 1 atom stereocenters. The fourth-order valence-electron chi connectivity index (χ4n) is 3.49. The van der Waals surface area contributed by atoms with E-state index in [-0.39, 0.29) is 36.2 Å². The molecule has 0 saturated heterocycles. The monoisotopic (exact) mass is 417 g/mol. The predicted molar refractivity (Wildman–Crippen MR) is 103 cm³/mol. The fraction of sp³-hybridized carbons (Fsp3) is 0.300. The second-order valence-corrected chi connectivity index (χ2v) is 7.23. The maximum atomic E-state index is 14.2. The Hall–Kier alpha value is -3.43. The van der Waals surface area contributed by atoms with Gasteiger partial charge in [0.15, 0.2) is 0 Å². The number of aromatic amines is 1. The molecule has 156 valence electrons. The third kappa shape index (κ3) is 4.12. The van der Waals surface area contributed by atoms with Crippen LogP contribution in [-0.4, -0.2) is 39.0 Å². The molecule has 1 aliphatic carbocycles. The van der Waals surface area contributed by atoms with Crippen molar-refractivity contribution >= 4 is 28.4 Å². The molecule has 10 heteroatoms. The van der Waals surface area contributed by atoms with Crippen LogP contribution < -0.4 is 10.6 Å². The number of aromatic nitrogens is 3. The lowest BCUT2D eigenvalue weighted by molar-refractivity contribution is -0.115. The number of nitrogens with zero attached hydrogens (tertiary/aromatic N) is 2. The Balaban J connectivity index is 1.42. The number of alkyl halides is 2. The van der Waals surface area contributed by atoms with Gasteiger partial charge in [-0.2, -0.15) is 5.10 Å². The van der Waals surface area contributed by atoms with E-state index < -0.39 is 29.6 Å². The number of hydrogen-bond acceptors (Lipinski definition) is 4. The zero-order valence-electron chi connectivity index (χ0n) is 15.7. The molecule has 1 aliphatic rings. The molecule has 2 amide bonds. The molecule has 1 saturated carbocycles. The van der Waals surface area contributed by atoms with Gasteiger partial charge < -0.3 is 10.6 Å². The van der Waals surface area contributed by atoms with Gasteiger partial charge in [0.25, 0.3) is 11.8 Å². The van der Waals surface area contributed by atoms with Crippen molar-refractivity contribution in [2.24, 2.45) is 0 Å². The summed E-state index contributed by atoms with van der Waals surface area (Å²) in [6, 6.07) is 4.30. The van der Waals surface area contributed by atoms with Crippen molar-refractivity contribution < 1.29 is 22.8 Å². The van der Waals surface area contributed by atoms with Crippen LogP contribution in [-0.2, 0) is 11.2 Å². The maximum absolute atomic E-state index is 14.2. The number of amides is 2. The van der Waals surface area contributed by atoms with Gasteiger partial charge in [-0.05, 0) is 42.7 Å². The first-order valence-electron chi connectivity index (χ1n) is 9.38. The number of carbonyl (C=O) groups excluding carboxylic acids is 2. The van der Waals surface area contributed by atoms with Gasteiger partial charge >= 0.3 is 0 Å². The molecule has 0 radical (unpaired) electrons. The Kier molecular flexibility index (Phi) is 5.15. The highest BCUT2D eigenvalue weighted by atomic mass is 19.3. The number of rotatable bonds is 5. The minimum absolute atomic E-state index is 0.0967. The molecule has 2 aromatic heterocycles. The first-order chi connectivity index (χ1) is 14.3. The van der Waals surface area contributed by atoms with Crippen LogP contribution >= 0.6 is 0 Å². The molecule has 7 nitrogen and oxygen atoms in total. The van der Waals surface area contributed by atoms with Crippen molar-refractivity contribution in [3.63, 3.8) is 0 Å². The highest BCUT2D eigenvalue weighted by Crippen LogP contribution is 2.35. The topological polar surface area (TPSA) is 99.8 Å². The Morgan fingerprint density at radius 2 is 2.10 bits per heavy atom. The standard InChI is InChI=1S/C20H18F3N5O2/c21-14-6-12-10-25-28-15(12)7-11(14)8-18(29)26-13-3-5-24-16(9-13)19(30)27-17-2-1-4-20(17,22)23/h3,5-7,9-10,17H,1-2,4,8H2,(H,25,28)(H,27,30)(H,24,26,29). The number of H-pyrrole nitrogens is 1. The molecule has 1 unspecified atom stereocenters. The number of halogens is 3. The first kappa shape index (κ1) is 19.9. The number of nitrogens with one attached hydrogen (secondary N) is 3. The number of benzene rings is 1. The van der Waals surface area contributed by atoms with Crippen molar-refractivity contribution in [1.29, 1.82) is 0 Å². The first-order valence-corrected chi connectivity index (χ1v) is 9.38. The highest BCUT2D eigenvalue weighted by Gasteiger charge is 2.44. The smallest absolute Gasteiger partial charge is 0.270 e. The van der Waals surface area contributed by atoms with Crippen LogP contribution in [0.4, 0.5) is 18.9 Å². The van der Waals surface area contributed by atoms with E-state index in [0.29, 0.717) is 17.3 Å². The van der Waals surface area contributed by atoms with E-state index in [9.17, 15) is 22.8 Å². The molecule has 2 heterocycles. The van der Waals surface area contributed by atoms with Crippen LogP contribution in [0.1, 0.15) is 35.3 Å². The van der Waals surface area contributed by atoms with Gasteiger partial charge in [0.2, 0.25) is 5.91 Å². The van der Waals surface area contributed by atoms with E-state index in [1.807, 2.05) is 0 Å². The molecule has 1 aromatic carbocycles. The minimum Gasteiger partial charge on any atom is -0.342 e. The van der Waals surface area contributed by atoms with Gasteiger partial charge in [0.1, 0.15) is 11.5 Å². The lowest BCUT2D eigenvalue weighted by Gasteiger charge is -2.20. The Morgan fingerprint density at radius 3 is 2.87 bits per heavy atom. The molecular formula is C20H18F3N5O2. The van der Waals surface area contributed by atoms with E-state index in [4.69, 9.17) is 0 Å². The van der Waals surface area contributed by atoms with Crippen LogP contribution in [0.3, 0.4) is 0 Å². The largest absolute Gasteiger partial charge is 0.342 e. The quantitative estimate of drug-likeness (QED) is 0.594. The predicted octanol–water partition coefficient (Wildman–Crippen LogP) is 3.20. The summed E-state index contributed by atoms with van der Waals surface area (Å²) in [6.07, 6.45) is 2.80. The summed E-state index contributed by atoms with van der Waals surface area (Å²) in [5, 5.41) is 12.0. The van der Waals surface area contributed by atoms with E-state index in [2.05, 4.69) is 25.8 Å². The molecule has 3 N–H and O–H groups in total. The molecule has 0 bridgehead atoms. The number of carbonyl (C=O) groups is 2. The molecule has 0 aliphatic heterocycles. The molecule has 4 rings (SSSR count). The summed E-state index contributed by atoms with van der Waals surface area (Å²) in [5.74, 6) is -4.73. The summed E-state index contributed by atoms with van der Waals surface area (Å²) in [4.78, 5) is 28.5. The Bertz CT molecular complexity index is 1110. The average molecular weight is 417 g/mol. The van der Waals surface area contributed by atoms with E-state index in [0.717, 1.165) is 0 Å². The van der Waals surface area contributed by atoms with Crippen molar-refractivity contribution in [3.05, 3.63) is 53.7 Å². The van der Waals surface area contributed by atoms with Crippen molar-refractivity contribution in [3.8, 4) is 0 Å². The number of anilines is 1. The maximum Gasteiger partial charge on any atom is 0.270 e. The van der Waals surface area contributed by atoms with Crippen LogP contribution in [0.25, 0.3) is 10.9 Å². The van der Waals surface area contributed by atoms with Crippen LogP contribution in [0.15, 0.2) is 36.7 Å². The zero-order chi connectivity index (χ0) is 21.3. The van der Waals surface area contributed by atoms with Gasteiger partial charge in [-0.3, -0.25) is 19.7 Å². The summed E-state index contributed by atoms with van der Waals surface area (Å²) in [6.45, 7) is 0. The highest BCUT2D eigenvalue weighted by molar-refractivity contribution is 5.96. The van der Waals surface area contributed by atoms with Gasteiger partial charge in [-0.15, -0.1) is 0 Å². The van der Waals surface area contributed by atoms with E-state index >= 15 is 0 Å². The summed E-state index contributed by atoms with van der Waals surface area (Å²) < 4.78 is 41.6. The number of hydrogen-bond donors (Lipinski definition) is 3. The molecule has 3 aromatic rings. The average Bonchev–Trinajstić information content (AvgIpc) is 3.27. The second kappa shape index (κ2) is 7.77. The number of pyridine rings is 1. The van der Waals surface area contributed by atoms with Crippen molar-refractivity contribution in [1.82, 2.24) is 20.5 Å².